The SMILES string of the molecule is C=CC1CC=CC2C[C@@]3(OCc4ccccc4)[C@H](O[C@@H]4OC(C)(C)O[C@@H]43)C12. The van der Waals surface area contributed by atoms with Gasteiger partial charge in [-0.1, -0.05) is 48.6 Å². The normalized spacial score (nSPS) is 43.9. The van der Waals surface area contributed by atoms with E-state index in [0.29, 0.717) is 24.4 Å². The average molecular weight is 368 g/mol. The van der Waals surface area contributed by atoms with E-state index in [9.17, 15) is 0 Å². The van der Waals surface area contributed by atoms with Gasteiger partial charge in [0.25, 0.3) is 0 Å². The molecule has 2 saturated heterocycles. The van der Waals surface area contributed by atoms with Crippen molar-refractivity contribution in [1.29, 1.82) is 0 Å². The summed E-state index contributed by atoms with van der Waals surface area (Å²) in [4.78, 5) is 0. The Labute approximate surface area is 161 Å². The Hall–Kier alpha value is -1.46. The molecule has 2 heterocycles. The van der Waals surface area contributed by atoms with Crippen LogP contribution in [0.2, 0.25) is 0 Å². The molecular weight excluding hydrogens is 340 g/mol. The molecule has 4 aliphatic rings. The molecule has 5 rings (SSSR count). The zero-order valence-corrected chi connectivity index (χ0v) is 16.0. The molecule has 0 amide bonds. The Balaban J connectivity index is 1.49. The first-order valence-corrected chi connectivity index (χ1v) is 10.0. The lowest BCUT2D eigenvalue weighted by molar-refractivity contribution is -0.238. The standard InChI is InChI=1S/C23H28O4/c1-4-16-11-8-12-17-13-23(24-14-15-9-6-5-7-10-15)19(18(16)17)25-21-20(23)26-22(2,3)27-21/h4-10,12,16-21H,1,11,13-14H2,2-3H3/t16?,17?,18?,19-,20+,21-,23-/m1/s1. The summed E-state index contributed by atoms with van der Waals surface area (Å²) in [5, 5.41) is 0. The summed E-state index contributed by atoms with van der Waals surface area (Å²) in [5.41, 5.74) is 0.678. The number of ether oxygens (including phenoxy) is 4. The molecule has 27 heavy (non-hydrogen) atoms. The van der Waals surface area contributed by atoms with Crippen LogP contribution in [0.5, 0.6) is 0 Å². The van der Waals surface area contributed by atoms with Crippen LogP contribution in [0, 0.1) is 17.8 Å². The van der Waals surface area contributed by atoms with Gasteiger partial charge in [-0.25, -0.2) is 0 Å². The van der Waals surface area contributed by atoms with Crippen molar-refractivity contribution < 1.29 is 18.9 Å². The molecule has 1 aromatic rings. The largest absolute Gasteiger partial charge is 0.365 e. The predicted molar refractivity (Wildman–Crippen MR) is 102 cm³/mol. The molecule has 1 aromatic carbocycles. The predicted octanol–water partition coefficient (Wildman–Crippen LogP) is 4.22. The van der Waals surface area contributed by atoms with E-state index in [1.54, 1.807) is 0 Å². The lowest BCUT2D eigenvalue weighted by Crippen LogP contribution is -2.49. The lowest BCUT2D eigenvalue weighted by Gasteiger charge is -2.36. The Bertz CT molecular complexity index is 742. The smallest absolute Gasteiger partial charge is 0.190 e. The summed E-state index contributed by atoms with van der Waals surface area (Å²) in [7, 11) is 0. The number of allylic oxidation sites excluding steroid dienone is 3. The molecule has 2 aliphatic carbocycles. The Morgan fingerprint density at radius 2 is 2.00 bits per heavy atom. The molecule has 3 unspecified atom stereocenters. The van der Waals surface area contributed by atoms with Crippen LogP contribution in [0.25, 0.3) is 0 Å². The highest BCUT2D eigenvalue weighted by Crippen LogP contribution is 2.59. The van der Waals surface area contributed by atoms with Crippen LogP contribution >= 0.6 is 0 Å². The molecule has 4 nitrogen and oxygen atoms in total. The molecule has 7 atom stereocenters. The summed E-state index contributed by atoms with van der Waals surface area (Å²) in [6.45, 7) is 8.52. The van der Waals surface area contributed by atoms with Crippen molar-refractivity contribution in [2.75, 3.05) is 0 Å². The van der Waals surface area contributed by atoms with Crippen LogP contribution in [0.3, 0.4) is 0 Å². The molecule has 0 spiro atoms. The van der Waals surface area contributed by atoms with Gasteiger partial charge in [-0.3, -0.25) is 0 Å². The van der Waals surface area contributed by atoms with Crippen LogP contribution in [0.4, 0.5) is 0 Å². The van der Waals surface area contributed by atoms with Gasteiger partial charge in [0.05, 0.1) is 12.7 Å². The minimum Gasteiger partial charge on any atom is -0.365 e. The van der Waals surface area contributed by atoms with Crippen molar-refractivity contribution >= 4 is 0 Å². The maximum Gasteiger partial charge on any atom is 0.190 e. The Morgan fingerprint density at radius 3 is 2.78 bits per heavy atom. The molecule has 144 valence electrons. The number of rotatable bonds is 4. The molecule has 2 aliphatic heterocycles. The highest BCUT2D eigenvalue weighted by atomic mass is 16.8. The summed E-state index contributed by atoms with van der Waals surface area (Å²) in [6, 6.07) is 10.3. The van der Waals surface area contributed by atoms with E-state index in [1.807, 2.05) is 32.0 Å². The van der Waals surface area contributed by atoms with Crippen molar-refractivity contribution in [3.63, 3.8) is 0 Å². The molecule has 0 aromatic heterocycles. The van der Waals surface area contributed by atoms with Crippen molar-refractivity contribution in [2.45, 2.75) is 63.2 Å². The molecule has 0 radical (unpaired) electrons. The maximum atomic E-state index is 6.69. The van der Waals surface area contributed by atoms with Gasteiger partial charge in [0, 0.05) is 5.92 Å². The fourth-order valence-corrected chi connectivity index (χ4v) is 5.53. The first-order chi connectivity index (χ1) is 13.0. The number of fused-ring (bicyclic) bond motifs is 5. The van der Waals surface area contributed by atoms with Crippen LogP contribution in [0.15, 0.2) is 55.1 Å². The highest BCUT2D eigenvalue weighted by Gasteiger charge is 2.71. The van der Waals surface area contributed by atoms with Gasteiger partial charge in [-0.15, -0.1) is 6.58 Å². The molecule has 0 N–H and O–H groups in total. The van der Waals surface area contributed by atoms with Crippen LogP contribution in [-0.2, 0) is 25.6 Å². The second kappa shape index (κ2) is 6.28. The summed E-state index contributed by atoms with van der Waals surface area (Å²) < 4.78 is 25.6. The van der Waals surface area contributed by atoms with E-state index in [1.165, 1.54) is 0 Å². The molecule has 4 heteroatoms. The van der Waals surface area contributed by atoms with Crippen molar-refractivity contribution in [2.24, 2.45) is 17.8 Å². The van der Waals surface area contributed by atoms with E-state index in [4.69, 9.17) is 18.9 Å². The number of benzene rings is 1. The van der Waals surface area contributed by atoms with Gasteiger partial charge < -0.3 is 18.9 Å². The van der Waals surface area contributed by atoms with E-state index < -0.39 is 11.4 Å². The van der Waals surface area contributed by atoms with Crippen molar-refractivity contribution in [3.05, 3.63) is 60.7 Å². The van der Waals surface area contributed by atoms with Crippen LogP contribution < -0.4 is 0 Å². The zero-order chi connectivity index (χ0) is 18.6. The third-order valence-corrected chi connectivity index (χ3v) is 6.64. The lowest BCUT2D eigenvalue weighted by atomic mass is 9.77. The van der Waals surface area contributed by atoms with E-state index in [-0.39, 0.29) is 18.5 Å². The zero-order valence-electron chi connectivity index (χ0n) is 16.0. The Kier molecular flexibility index (Phi) is 4.10. The number of hydrogen-bond donors (Lipinski definition) is 0. The third-order valence-electron chi connectivity index (χ3n) is 6.64. The summed E-state index contributed by atoms with van der Waals surface area (Å²) in [5.74, 6) is 0.546. The Morgan fingerprint density at radius 1 is 1.19 bits per heavy atom. The van der Waals surface area contributed by atoms with Gasteiger partial charge in [-0.05, 0) is 44.1 Å². The van der Waals surface area contributed by atoms with Crippen molar-refractivity contribution in [1.82, 2.24) is 0 Å². The first kappa shape index (κ1) is 17.6. The minimum absolute atomic E-state index is 0.0368. The molecule has 3 fully saturated rings. The van der Waals surface area contributed by atoms with E-state index in [0.717, 1.165) is 18.4 Å². The topological polar surface area (TPSA) is 36.9 Å². The van der Waals surface area contributed by atoms with Crippen LogP contribution in [-0.4, -0.2) is 29.9 Å². The highest BCUT2D eigenvalue weighted by molar-refractivity contribution is 5.23. The monoisotopic (exact) mass is 368 g/mol. The molecule has 0 bridgehead atoms. The molecular formula is C23H28O4. The van der Waals surface area contributed by atoms with Crippen molar-refractivity contribution in [3.8, 4) is 0 Å². The fraction of sp³-hybridized carbons (Fsp3) is 0.565. The fourth-order valence-electron chi connectivity index (χ4n) is 5.53. The summed E-state index contributed by atoms with van der Waals surface area (Å²) in [6.07, 6.45) is 8.02. The molecule has 1 saturated carbocycles. The average Bonchev–Trinajstić information content (AvgIpc) is 3.24. The quantitative estimate of drug-likeness (QED) is 0.746. The third kappa shape index (κ3) is 2.73. The first-order valence-electron chi connectivity index (χ1n) is 10.0. The maximum absolute atomic E-state index is 6.69. The van der Waals surface area contributed by atoms with Gasteiger partial charge in [-0.2, -0.15) is 0 Å². The second-order valence-corrected chi connectivity index (χ2v) is 8.72. The van der Waals surface area contributed by atoms with Gasteiger partial charge in [0.2, 0.25) is 0 Å². The summed E-state index contributed by atoms with van der Waals surface area (Å²) >= 11 is 0. The van der Waals surface area contributed by atoms with Gasteiger partial charge in [0.15, 0.2) is 12.1 Å². The van der Waals surface area contributed by atoms with Gasteiger partial charge in [0.1, 0.15) is 11.7 Å². The van der Waals surface area contributed by atoms with E-state index in [2.05, 4.69) is 36.9 Å². The minimum atomic E-state index is -0.648. The second-order valence-electron chi connectivity index (χ2n) is 8.72. The van der Waals surface area contributed by atoms with Crippen LogP contribution in [0.1, 0.15) is 32.3 Å². The van der Waals surface area contributed by atoms with E-state index >= 15 is 0 Å². The number of hydrogen-bond acceptors (Lipinski definition) is 4. The van der Waals surface area contributed by atoms with Gasteiger partial charge >= 0.3 is 0 Å².